The number of Topliss-reactive ketones (excluding diaryl/α,β-unsaturated/α-hetero) is 1. The van der Waals surface area contributed by atoms with E-state index in [0.29, 0.717) is 11.3 Å². The summed E-state index contributed by atoms with van der Waals surface area (Å²) < 4.78 is 0. The van der Waals surface area contributed by atoms with Gasteiger partial charge in [0.25, 0.3) is 5.91 Å². The van der Waals surface area contributed by atoms with E-state index in [2.05, 4.69) is 5.32 Å². The molecular formula is C12H12N2O3. The van der Waals surface area contributed by atoms with Gasteiger partial charge in [-0.05, 0) is 12.1 Å². The molecule has 0 bridgehead atoms. The molecule has 17 heavy (non-hydrogen) atoms. The number of para-hydroxylation sites is 1. The highest BCUT2D eigenvalue weighted by molar-refractivity contribution is 6.17. The maximum atomic E-state index is 11.6. The molecule has 0 aliphatic carbocycles. The van der Waals surface area contributed by atoms with Crippen LogP contribution in [0.5, 0.6) is 0 Å². The van der Waals surface area contributed by atoms with E-state index >= 15 is 0 Å². The molecule has 1 N–H and O–H groups in total. The first-order chi connectivity index (χ1) is 8.13. The zero-order valence-electron chi connectivity index (χ0n) is 9.40. The fraction of sp³-hybridized carbons (Fsp3) is 0.250. The first-order valence-corrected chi connectivity index (χ1v) is 5.26. The second-order valence-electron chi connectivity index (χ2n) is 3.79. The summed E-state index contributed by atoms with van der Waals surface area (Å²) in [4.78, 5) is 35.8. The van der Waals surface area contributed by atoms with E-state index in [4.69, 9.17) is 0 Å². The predicted molar refractivity (Wildman–Crippen MR) is 61.8 cm³/mol. The lowest BCUT2D eigenvalue weighted by molar-refractivity contribution is -0.121. The summed E-state index contributed by atoms with van der Waals surface area (Å²) in [6.07, 6.45) is -0.0813. The topological polar surface area (TPSA) is 66.5 Å². The third kappa shape index (κ3) is 2.04. The molecule has 5 heteroatoms. The second-order valence-corrected chi connectivity index (χ2v) is 3.79. The van der Waals surface area contributed by atoms with Crippen molar-refractivity contribution in [3.8, 4) is 0 Å². The minimum atomic E-state index is -0.271. The Morgan fingerprint density at radius 2 is 2.00 bits per heavy atom. The lowest BCUT2D eigenvalue weighted by Gasteiger charge is -2.17. The molecule has 0 unspecified atom stereocenters. The quantitative estimate of drug-likeness (QED) is 0.748. The Balaban J connectivity index is 2.42. The molecule has 0 atom stereocenters. The van der Waals surface area contributed by atoms with Crippen LogP contribution in [0, 0.1) is 0 Å². The summed E-state index contributed by atoms with van der Waals surface area (Å²) in [5, 5.41) is 2.51. The van der Waals surface area contributed by atoms with Crippen molar-refractivity contribution in [3.63, 3.8) is 0 Å². The molecule has 1 aliphatic rings. The summed E-state index contributed by atoms with van der Waals surface area (Å²) >= 11 is 0. The van der Waals surface area contributed by atoms with Crippen molar-refractivity contribution in [3.05, 3.63) is 29.8 Å². The van der Waals surface area contributed by atoms with Gasteiger partial charge in [0, 0.05) is 7.05 Å². The molecule has 0 aromatic heterocycles. The number of nitrogens with one attached hydrogen (secondary N) is 1. The minimum absolute atomic E-state index is 0.0485. The van der Waals surface area contributed by atoms with Crippen LogP contribution in [-0.4, -0.2) is 31.2 Å². The van der Waals surface area contributed by atoms with Crippen molar-refractivity contribution < 1.29 is 14.4 Å². The van der Waals surface area contributed by atoms with Gasteiger partial charge in [-0.3, -0.25) is 14.4 Å². The normalized spacial score (nSPS) is 15.2. The van der Waals surface area contributed by atoms with Gasteiger partial charge in [-0.25, -0.2) is 0 Å². The van der Waals surface area contributed by atoms with E-state index in [-0.39, 0.29) is 30.6 Å². The van der Waals surface area contributed by atoms with Crippen molar-refractivity contribution in [1.29, 1.82) is 0 Å². The van der Waals surface area contributed by atoms with Crippen molar-refractivity contribution in [2.75, 3.05) is 18.5 Å². The Morgan fingerprint density at radius 3 is 2.59 bits per heavy atom. The smallest absolute Gasteiger partial charge is 0.253 e. The number of rotatable bonds is 2. The van der Waals surface area contributed by atoms with Crippen molar-refractivity contribution in [2.24, 2.45) is 0 Å². The Morgan fingerprint density at radius 1 is 1.29 bits per heavy atom. The highest BCUT2D eigenvalue weighted by Crippen LogP contribution is 2.24. The largest absolute Gasteiger partial charge is 0.355 e. The van der Waals surface area contributed by atoms with E-state index in [1.165, 1.54) is 11.9 Å². The second kappa shape index (κ2) is 4.37. The van der Waals surface area contributed by atoms with Gasteiger partial charge < -0.3 is 10.2 Å². The standard InChI is InChI=1S/C12H12N2O3/c1-13-12(17)9-4-2-3-5-10(9)14-7-8(15)6-11(14)16/h2-5H,6-7H2,1H3,(H,13,17). The summed E-state index contributed by atoms with van der Waals surface area (Å²) in [6, 6.07) is 6.75. The number of hydrogen-bond donors (Lipinski definition) is 1. The number of ketones is 1. The Hall–Kier alpha value is -2.17. The molecular weight excluding hydrogens is 220 g/mol. The van der Waals surface area contributed by atoms with Gasteiger partial charge in [0.05, 0.1) is 24.2 Å². The fourth-order valence-corrected chi connectivity index (χ4v) is 1.84. The van der Waals surface area contributed by atoms with Crippen LogP contribution < -0.4 is 10.2 Å². The van der Waals surface area contributed by atoms with Gasteiger partial charge in [-0.15, -0.1) is 0 Å². The first-order valence-electron chi connectivity index (χ1n) is 5.26. The Kier molecular flexibility index (Phi) is 2.91. The van der Waals surface area contributed by atoms with Crippen LogP contribution in [0.2, 0.25) is 0 Å². The van der Waals surface area contributed by atoms with Gasteiger partial charge >= 0.3 is 0 Å². The molecule has 2 rings (SSSR count). The number of benzene rings is 1. The van der Waals surface area contributed by atoms with Gasteiger partial charge in [0.15, 0.2) is 5.78 Å². The third-order valence-electron chi connectivity index (χ3n) is 2.65. The van der Waals surface area contributed by atoms with Crippen molar-refractivity contribution >= 4 is 23.3 Å². The molecule has 88 valence electrons. The minimum Gasteiger partial charge on any atom is -0.355 e. The van der Waals surface area contributed by atoms with Crippen molar-refractivity contribution in [1.82, 2.24) is 5.32 Å². The molecule has 1 saturated heterocycles. The predicted octanol–water partition coefficient (Wildman–Crippen LogP) is 0.352. The number of anilines is 1. The van der Waals surface area contributed by atoms with E-state index in [1.54, 1.807) is 24.3 Å². The highest BCUT2D eigenvalue weighted by Gasteiger charge is 2.30. The maximum Gasteiger partial charge on any atom is 0.253 e. The highest BCUT2D eigenvalue weighted by atomic mass is 16.2. The molecule has 2 amide bonds. The summed E-state index contributed by atoms with van der Waals surface area (Å²) in [7, 11) is 1.52. The van der Waals surface area contributed by atoms with E-state index < -0.39 is 0 Å². The van der Waals surface area contributed by atoms with Gasteiger partial charge in [-0.1, -0.05) is 12.1 Å². The molecule has 1 aromatic carbocycles. The third-order valence-corrected chi connectivity index (χ3v) is 2.65. The van der Waals surface area contributed by atoms with Crippen LogP contribution in [0.15, 0.2) is 24.3 Å². The number of carbonyl (C=O) groups is 3. The van der Waals surface area contributed by atoms with E-state index in [9.17, 15) is 14.4 Å². The lowest BCUT2D eigenvalue weighted by Crippen LogP contribution is -2.28. The monoisotopic (exact) mass is 232 g/mol. The molecule has 1 aromatic rings. The molecule has 5 nitrogen and oxygen atoms in total. The number of carbonyl (C=O) groups excluding carboxylic acids is 3. The zero-order valence-corrected chi connectivity index (χ0v) is 9.40. The van der Waals surface area contributed by atoms with Gasteiger partial charge in [0.1, 0.15) is 0 Å². The van der Waals surface area contributed by atoms with Crippen LogP contribution in [0.4, 0.5) is 5.69 Å². The summed E-state index contributed by atoms with van der Waals surface area (Å²) in [6.45, 7) is 0.0485. The maximum absolute atomic E-state index is 11.6. The van der Waals surface area contributed by atoms with Crippen LogP contribution in [0.3, 0.4) is 0 Å². The van der Waals surface area contributed by atoms with Crippen LogP contribution in [-0.2, 0) is 9.59 Å². The number of nitrogens with zero attached hydrogens (tertiary/aromatic N) is 1. The molecule has 0 spiro atoms. The van der Waals surface area contributed by atoms with Crippen molar-refractivity contribution in [2.45, 2.75) is 6.42 Å². The number of amides is 2. The zero-order chi connectivity index (χ0) is 12.4. The van der Waals surface area contributed by atoms with E-state index in [1.807, 2.05) is 0 Å². The summed E-state index contributed by atoms with van der Waals surface area (Å²) in [5.41, 5.74) is 0.890. The average Bonchev–Trinajstić information content (AvgIpc) is 2.67. The Labute approximate surface area is 98.4 Å². The first kappa shape index (κ1) is 11.3. The summed E-state index contributed by atoms with van der Waals surface area (Å²) in [5.74, 6) is -0.652. The average molecular weight is 232 g/mol. The molecule has 1 aliphatic heterocycles. The lowest BCUT2D eigenvalue weighted by atomic mass is 10.1. The van der Waals surface area contributed by atoms with E-state index in [0.717, 1.165) is 0 Å². The molecule has 0 saturated carbocycles. The van der Waals surface area contributed by atoms with Crippen LogP contribution in [0.1, 0.15) is 16.8 Å². The molecule has 1 fully saturated rings. The van der Waals surface area contributed by atoms with Gasteiger partial charge in [0.2, 0.25) is 5.91 Å². The molecule has 1 heterocycles. The van der Waals surface area contributed by atoms with Crippen LogP contribution in [0.25, 0.3) is 0 Å². The molecule has 0 radical (unpaired) electrons. The van der Waals surface area contributed by atoms with Gasteiger partial charge in [-0.2, -0.15) is 0 Å². The number of hydrogen-bond acceptors (Lipinski definition) is 3. The fourth-order valence-electron chi connectivity index (χ4n) is 1.84. The van der Waals surface area contributed by atoms with Crippen LogP contribution >= 0.6 is 0 Å². The SMILES string of the molecule is CNC(=O)c1ccccc1N1CC(=O)CC1=O. The Bertz CT molecular complexity index is 496.